The first kappa shape index (κ1) is 22.1. The van der Waals surface area contributed by atoms with E-state index in [1.54, 1.807) is 57.2 Å². The van der Waals surface area contributed by atoms with Gasteiger partial charge in [0, 0.05) is 16.3 Å². The van der Waals surface area contributed by atoms with Crippen LogP contribution in [0.4, 0.5) is 11.4 Å². The maximum absolute atomic E-state index is 12.7. The lowest BCUT2D eigenvalue weighted by Crippen LogP contribution is -2.12. The molecule has 7 nitrogen and oxygen atoms in total. The number of halogens is 1. The largest absolute Gasteiger partial charge is 0.354 e. The third-order valence-electron chi connectivity index (χ3n) is 4.17. The van der Waals surface area contributed by atoms with Gasteiger partial charge in [0.25, 0.3) is 10.0 Å². The van der Waals surface area contributed by atoms with Gasteiger partial charge in [-0.3, -0.25) is 9.52 Å². The lowest BCUT2D eigenvalue weighted by Gasteiger charge is -2.09. The molecule has 0 bridgehead atoms. The van der Waals surface area contributed by atoms with E-state index >= 15 is 0 Å². The van der Waals surface area contributed by atoms with E-state index in [0.29, 0.717) is 39.1 Å². The van der Waals surface area contributed by atoms with Crippen molar-refractivity contribution >= 4 is 62.4 Å². The molecule has 0 spiro atoms. The van der Waals surface area contributed by atoms with Crippen LogP contribution < -0.4 is 10.0 Å². The number of hydrogen-bond donors (Lipinski definition) is 2. The van der Waals surface area contributed by atoms with Gasteiger partial charge in [0.1, 0.15) is 15.6 Å². The first-order valence-corrected chi connectivity index (χ1v) is 11.7. The summed E-state index contributed by atoms with van der Waals surface area (Å²) in [5, 5.41) is 7.16. The summed E-state index contributed by atoms with van der Waals surface area (Å²) >= 11 is 7.03. The quantitative estimate of drug-likeness (QED) is 0.491. The van der Waals surface area contributed by atoms with Gasteiger partial charge < -0.3 is 9.84 Å². The van der Waals surface area contributed by atoms with Gasteiger partial charge in [-0.15, -0.1) is 11.3 Å². The number of rotatable bonds is 7. The van der Waals surface area contributed by atoms with Crippen LogP contribution in [-0.2, 0) is 14.8 Å². The third-order valence-corrected chi connectivity index (χ3v) is 7.32. The molecule has 1 amide bonds. The van der Waals surface area contributed by atoms with E-state index in [0.717, 1.165) is 16.9 Å². The molecule has 0 aliphatic carbocycles. The smallest absolute Gasteiger partial charge is 0.271 e. The predicted molar refractivity (Wildman–Crippen MR) is 120 cm³/mol. The molecule has 0 aliphatic rings. The molecule has 3 rings (SSSR count). The van der Waals surface area contributed by atoms with Crippen LogP contribution in [0, 0.1) is 13.8 Å². The van der Waals surface area contributed by atoms with Gasteiger partial charge in [0.2, 0.25) is 5.91 Å². The summed E-state index contributed by atoms with van der Waals surface area (Å²) in [4.78, 5) is 12.4. The van der Waals surface area contributed by atoms with E-state index in [1.807, 2.05) is 0 Å². The van der Waals surface area contributed by atoms with Crippen molar-refractivity contribution in [2.75, 3.05) is 10.0 Å². The van der Waals surface area contributed by atoms with Crippen molar-refractivity contribution in [1.82, 2.24) is 5.16 Å². The average molecular weight is 466 g/mol. The van der Waals surface area contributed by atoms with E-state index in [2.05, 4.69) is 15.2 Å². The number of carbonyl (C=O) groups is 1. The molecular weight excluding hydrogens is 446 g/mol. The normalized spacial score (nSPS) is 11.7. The second-order valence-electron chi connectivity index (χ2n) is 6.46. The number of anilines is 2. The number of thiophene rings is 1. The van der Waals surface area contributed by atoms with Crippen molar-refractivity contribution < 1.29 is 17.7 Å². The third kappa shape index (κ3) is 5.10. The minimum absolute atomic E-state index is 0.149. The fourth-order valence-electron chi connectivity index (χ4n) is 2.54. The highest BCUT2D eigenvalue weighted by Crippen LogP contribution is 2.29. The molecule has 2 N–H and O–H groups in total. The number of carbonyl (C=O) groups excluding carboxylic acids is 1. The molecule has 158 valence electrons. The molecule has 0 atom stereocenters. The fraction of sp³-hybridized carbons (Fsp3) is 0.200. The van der Waals surface area contributed by atoms with E-state index in [9.17, 15) is 13.2 Å². The number of aryl methyl sites for hydroxylation is 2. The number of hydrogen-bond acceptors (Lipinski definition) is 6. The highest BCUT2D eigenvalue weighted by Gasteiger charge is 2.18. The lowest BCUT2D eigenvalue weighted by molar-refractivity contribution is -0.115. The minimum atomic E-state index is -3.74. The van der Waals surface area contributed by atoms with Gasteiger partial charge in [0.15, 0.2) is 5.76 Å². The standard InChI is InChI=1S/C20H20ClN3O4S2/c1-4-18(25)22-20-13(3)23-28-17(20)9-6-15-7-10-19(29-15)30(26,27)24-16-8-5-14(21)11-12(16)2/h5-11,24H,4H2,1-3H3,(H,22,25). The Hall–Kier alpha value is -2.62. The van der Waals surface area contributed by atoms with Crippen LogP contribution in [0.1, 0.15) is 35.2 Å². The number of nitrogens with zero attached hydrogens (tertiary/aromatic N) is 1. The maximum atomic E-state index is 12.7. The number of nitrogens with one attached hydrogen (secondary N) is 2. The summed E-state index contributed by atoms with van der Waals surface area (Å²) in [6.45, 7) is 5.26. The number of sulfonamides is 1. The number of benzene rings is 1. The molecule has 3 aromatic rings. The average Bonchev–Trinajstić information content (AvgIpc) is 3.30. The summed E-state index contributed by atoms with van der Waals surface area (Å²) in [5.74, 6) is 0.242. The topological polar surface area (TPSA) is 101 Å². The first-order chi connectivity index (χ1) is 14.2. The Labute approximate surface area is 183 Å². The van der Waals surface area contributed by atoms with Crippen LogP contribution in [-0.4, -0.2) is 19.5 Å². The Morgan fingerprint density at radius 3 is 2.70 bits per heavy atom. The zero-order valence-electron chi connectivity index (χ0n) is 16.5. The SMILES string of the molecule is CCC(=O)Nc1c(C)noc1C=Cc1ccc(S(=O)(=O)Nc2ccc(Cl)cc2C)s1. The van der Waals surface area contributed by atoms with Crippen LogP contribution in [0.3, 0.4) is 0 Å². The van der Waals surface area contributed by atoms with Gasteiger partial charge >= 0.3 is 0 Å². The highest BCUT2D eigenvalue weighted by molar-refractivity contribution is 7.94. The second kappa shape index (κ2) is 9.03. The zero-order valence-corrected chi connectivity index (χ0v) is 18.9. The molecule has 2 heterocycles. The van der Waals surface area contributed by atoms with Crippen LogP contribution in [0.5, 0.6) is 0 Å². The van der Waals surface area contributed by atoms with Gasteiger partial charge in [-0.05, 0) is 61.9 Å². The second-order valence-corrected chi connectivity index (χ2v) is 9.92. The molecule has 1 aromatic carbocycles. The monoisotopic (exact) mass is 465 g/mol. The van der Waals surface area contributed by atoms with Gasteiger partial charge in [0.05, 0.1) is 5.69 Å². The Kier molecular flexibility index (Phi) is 6.64. The molecule has 0 saturated heterocycles. The van der Waals surface area contributed by atoms with E-state index in [-0.39, 0.29) is 10.1 Å². The first-order valence-electron chi connectivity index (χ1n) is 9.02. The molecule has 0 saturated carbocycles. The van der Waals surface area contributed by atoms with Gasteiger partial charge in [-0.25, -0.2) is 8.42 Å². The Morgan fingerprint density at radius 2 is 2.00 bits per heavy atom. The maximum Gasteiger partial charge on any atom is 0.271 e. The summed E-state index contributed by atoms with van der Waals surface area (Å²) in [6.07, 6.45) is 3.68. The van der Waals surface area contributed by atoms with Crippen LogP contribution in [0.15, 0.2) is 39.1 Å². The van der Waals surface area contributed by atoms with Crippen LogP contribution in [0.2, 0.25) is 5.02 Å². The van der Waals surface area contributed by atoms with E-state index in [1.165, 1.54) is 6.07 Å². The number of aromatic nitrogens is 1. The number of amides is 1. The molecule has 0 radical (unpaired) electrons. The van der Waals surface area contributed by atoms with Crippen molar-refractivity contribution in [2.24, 2.45) is 0 Å². The van der Waals surface area contributed by atoms with Crippen molar-refractivity contribution in [3.05, 3.63) is 57.2 Å². The van der Waals surface area contributed by atoms with Crippen molar-refractivity contribution in [1.29, 1.82) is 0 Å². The van der Waals surface area contributed by atoms with Crippen molar-refractivity contribution in [3.63, 3.8) is 0 Å². The van der Waals surface area contributed by atoms with E-state index < -0.39 is 10.0 Å². The Balaban J connectivity index is 1.79. The zero-order chi connectivity index (χ0) is 21.9. The summed E-state index contributed by atoms with van der Waals surface area (Å²) in [6, 6.07) is 8.17. The predicted octanol–water partition coefficient (Wildman–Crippen LogP) is 5.33. The van der Waals surface area contributed by atoms with Gasteiger partial charge in [-0.1, -0.05) is 23.7 Å². The van der Waals surface area contributed by atoms with Crippen LogP contribution in [0.25, 0.3) is 12.2 Å². The lowest BCUT2D eigenvalue weighted by atomic mass is 10.2. The molecule has 10 heteroatoms. The summed E-state index contributed by atoms with van der Waals surface area (Å²) in [7, 11) is -3.74. The van der Waals surface area contributed by atoms with Crippen molar-refractivity contribution in [2.45, 2.75) is 31.4 Å². The fourth-order valence-corrected chi connectivity index (χ4v) is 5.13. The van der Waals surface area contributed by atoms with Crippen LogP contribution >= 0.6 is 22.9 Å². The molecule has 0 aliphatic heterocycles. The van der Waals surface area contributed by atoms with E-state index in [4.69, 9.17) is 16.1 Å². The molecule has 30 heavy (non-hydrogen) atoms. The highest BCUT2D eigenvalue weighted by atomic mass is 35.5. The minimum Gasteiger partial charge on any atom is -0.354 e. The molecule has 0 fully saturated rings. The van der Waals surface area contributed by atoms with Crippen molar-refractivity contribution in [3.8, 4) is 0 Å². The molecule has 0 unspecified atom stereocenters. The molecule has 2 aromatic heterocycles. The molecular formula is C20H20ClN3O4S2. The summed E-state index contributed by atoms with van der Waals surface area (Å²) in [5.41, 5.74) is 2.26. The van der Waals surface area contributed by atoms with Gasteiger partial charge in [-0.2, -0.15) is 0 Å². The summed E-state index contributed by atoms with van der Waals surface area (Å²) < 4.78 is 33.4. The Bertz CT molecular complexity index is 1210. The Morgan fingerprint density at radius 1 is 1.23 bits per heavy atom.